The van der Waals surface area contributed by atoms with Crippen molar-refractivity contribution < 1.29 is 9.53 Å². The summed E-state index contributed by atoms with van der Waals surface area (Å²) in [5, 5.41) is 0. The zero-order valence-corrected chi connectivity index (χ0v) is 9.01. The van der Waals surface area contributed by atoms with E-state index in [0.717, 1.165) is 11.0 Å². The molecule has 0 unspecified atom stereocenters. The number of hydrogen-bond donors (Lipinski definition) is 1. The Morgan fingerprint density at radius 2 is 2.38 bits per heavy atom. The topological polar surface area (TPSA) is 70.1 Å². The van der Waals surface area contributed by atoms with Crippen molar-refractivity contribution in [1.29, 1.82) is 0 Å². The van der Waals surface area contributed by atoms with E-state index in [0.29, 0.717) is 12.3 Å². The molecule has 2 rings (SSSR count). The van der Waals surface area contributed by atoms with E-state index in [-0.39, 0.29) is 12.5 Å². The van der Waals surface area contributed by atoms with Crippen molar-refractivity contribution >= 4 is 22.7 Å². The molecule has 0 amide bonds. The van der Waals surface area contributed by atoms with Crippen LogP contribution in [-0.2, 0) is 16.1 Å². The average molecular weight is 219 g/mol. The molecule has 0 aliphatic rings. The lowest BCUT2D eigenvalue weighted by Gasteiger charge is -2.03. The van der Waals surface area contributed by atoms with Crippen molar-refractivity contribution in [2.24, 2.45) is 0 Å². The zero-order valence-electron chi connectivity index (χ0n) is 9.01. The predicted octanol–water partition coefficient (Wildman–Crippen LogP) is 1.18. The number of nitrogen functional groups attached to an aromatic ring is 1. The van der Waals surface area contributed by atoms with Gasteiger partial charge in [-0.15, -0.1) is 0 Å². The number of carbonyl (C=O) groups is 1. The van der Waals surface area contributed by atoms with Gasteiger partial charge in [0.25, 0.3) is 0 Å². The number of imidazole rings is 1. The Morgan fingerprint density at radius 1 is 1.56 bits per heavy atom. The molecule has 0 radical (unpaired) electrons. The molecular weight excluding hydrogens is 206 g/mol. The van der Waals surface area contributed by atoms with Crippen molar-refractivity contribution in [3.8, 4) is 0 Å². The van der Waals surface area contributed by atoms with Crippen LogP contribution in [0.5, 0.6) is 0 Å². The second kappa shape index (κ2) is 4.22. The monoisotopic (exact) mass is 219 g/mol. The molecule has 2 aromatic rings. The first-order valence-electron chi connectivity index (χ1n) is 5.06. The molecule has 0 spiro atoms. The number of rotatable bonds is 3. The van der Waals surface area contributed by atoms with Crippen LogP contribution >= 0.6 is 0 Å². The van der Waals surface area contributed by atoms with Crippen LogP contribution in [0.2, 0.25) is 0 Å². The normalized spacial score (nSPS) is 10.6. The van der Waals surface area contributed by atoms with Crippen molar-refractivity contribution in [3.05, 3.63) is 24.5 Å². The summed E-state index contributed by atoms with van der Waals surface area (Å²) in [4.78, 5) is 15.5. The highest BCUT2D eigenvalue weighted by molar-refractivity contribution is 5.80. The third-order valence-electron chi connectivity index (χ3n) is 2.25. The van der Waals surface area contributed by atoms with Gasteiger partial charge in [0.15, 0.2) is 0 Å². The minimum atomic E-state index is -0.265. The molecule has 0 saturated carbocycles. The molecule has 5 nitrogen and oxygen atoms in total. The van der Waals surface area contributed by atoms with E-state index >= 15 is 0 Å². The number of nitrogens with zero attached hydrogens (tertiary/aromatic N) is 2. The van der Waals surface area contributed by atoms with E-state index in [2.05, 4.69) is 4.98 Å². The number of carbonyl (C=O) groups excluding carboxylic acids is 1. The minimum Gasteiger partial charge on any atom is -0.465 e. The largest absolute Gasteiger partial charge is 0.465 e. The van der Waals surface area contributed by atoms with Crippen molar-refractivity contribution in [2.45, 2.75) is 13.5 Å². The summed E-state index contributed by atoms with van der Waals surface area (Å²) in [7, 11) is 0. The van der Waals surface area contributed by atoms with E-state index in [1.54, 1.807) is 30.0 Å². The smallest absolute Gasteiger partial charge is 0.325 e. The summed E-state index contributed by atoms with van der Waals surface area (Å²) in [6.45, 7) is 2.34. The van der Waals surface area contributed by atoms with E-state index in [4.69, 9.17) is 10.5 Å². The molecular formula is C11H13N3O2. The molecule has 0 aliphatic heterocycles. The maximum atomic E-state index is 11.3. The summed E-state index contributed by atoms with van der Waals surface area (Å²) in [6, 6.07) is 5.40. The fraction of sp³-hybridized carbons (Fsp3) is 0.273. The second-order valence-corrected chi connectivity index (χ2v) is 3.43. The van der Waals surface area contributed by atoms with E-state index in [9.17, 15) is 4.79 Å². The highest BCUT2D eigenvalue weighted by atomic mass is 16.5. The van der Waals surface area contributed by atoms with Crippen LogP contribution in [0.25, 0.3) is 11.0 Å². The van der Waals surface area contributed by atoms with Gasteiger partial charge in [-0.2, -0.15) is 0 Å². The van der Waals surface area contributed by atoms with Gasteiger partial charge < -0.3 is 15.0 Å². The highest BCUT2D eigenvalue weighted by Crippen LogP contribution is 2.15. The number of benzene rings is 1. The van der Waals surface area contributed by atoms with Crippen LogP contribution in [0.15, 0.2) is 24.5 Å². The maximum absolute atomic E-state index is 11.3. The summed E-state index contributed by atoms with van der Waals surface area (Å²) >= 11 is 0. The summed E-state index contributed by atoms with van der Waals surface area (Å²) in [5.41, 5.74) is 7.96. The Balaban J connectivity index is 2.28. The Kier molecular flexibility index (Phi) is 2.76. The molecule has 0 bridgehead atoms. The highest BCUT2D eigenvalue weighted by Gasteiger charge is 2.07. The standard InChI is InChI=1S/C11H13N3O2/c1-2-16-11(15)6-14-7-13-9-5-8(12)3-4-10(9)14/h3-5,7H,2,6,12H2,1H3. The molecule has 1 aromatic carbocycles. The molecule has 1 aromatic heterocycles. The Bertz CT molecular complexity index is 519. The second-order valence-electron chi connectivity index (χ2n) is 3.43. The first-order chi connectivity index (χ1) is 7.70. The average Bonchev–Trinajstić information content (AvgIpc) is 2.61. The number of aromatic nitrogens is 2. The van der Waals surface area contributed by atoms with Gasteiger partial charge in [0.2, 0.25) is 0 Å². The molecule has 5 heteroatoms. The lowest BCUT2D eigenvalue weighted by atomic mass is 10.3. The van der Waals surface area contributed by atoms with Gasteiger partial charge in [0.05, 0.1) is 24.0 Å². The summed E-state index contributed by atoms with van der Waals surface area (Å²) in [6.07, 6.45) is 1.61. The number of ether oxygens (including phenoxy) is 1. The fourth-order valence-electron chi connectivity index (χ4n) is 1.55. The van der Waals surface area contributed by atoms with Crippen LogP contribution in [0.1, 0.15) is 6.92 Å². The molecule has 0 saturated heterocycles. The Morgan fingerprint density at radius 3 is 3.12 bits per heavy atom. The molecule has 0 fully saturated rings. The van der Waals surface area contributed by atoms with Crippen molar-refractivity contribution in [3.63, 3.8) is 0 Å². The van der Waals surface area contributed by atoms with Crippen LogP contribution in [0, 0.1) is 0 Å². The first-order valence-corrected chi connectivity index (χ1v) is 5.06. The van der Waals surface area contributed by atoms with Gasteiger partial charge >= 0.3 is 5.97 Å². The van der Waals surface area contributed by atoms with E-state index in [1.165, 1.54) is 0 Å². The minimum absolute atomic E-state index is 0.175. The molecule has 0 atom stereocenters. The summed E-state index contributed by atoms with van der Waals surface area (Å²) < 4.78 is 6.62. The number of esters is 1. The van der Waals surface area contributed by atoms with Crippen LogP contribution in [-0.4, -0.2) is 22.1 Å². The Hall–Kier alpha value is -2.04. The van der Waals surface area contributed by atoms with Crippen LogP contribution < -0.4 is 5.73 Å². The molecule has 2 N–H and O–H groups in total. The lowest BCUT2D eigenvalue weighted by molar-refractivity contribution is -0.143. The Labute approximate surface area is 92.8 Å². The van der Waals surface area contributed by atoms with Crippen LogP contribution in [0.4, 0.5) is 5.69 Å². The first kappa shape index (κ1) is 10.5. The fourth-order valence-corrected chi connectivity index (χ4v) is 1.55. The molecule has 84 valence electrons. The molecule has 1 heterocycles. The van der Waals surface area contributed by atoms with Gasteiger partial charge in [-0.05, 0) is 25.1 Å². The van der Waals surface area contributed by atoms with Crippen molar-refractivity contribution in [1.82, 2.24) is 9.55 Å². The van der Waals surface area contributed by atoms with Gasteiger partial charge in [-0.1, -0.05) is 0 Å². The van der Waals surface area contributed by atoms with Crippen molar-refractivity contribution in [2.75, 3.05) is 12.3 Å². The molecule has 0 aliphatic carbocycles. The van der Waals surface area contributed by atoms with E-state index < -0.39 is 0 Å². The van der Waals surface area contributed by atoms with Gasteiger partial charge in [-0.25, -0.2) is 4.98 Å². The summed E-state index contributed by atoms with van der Waals surface area (Å²) in [5.74, 6) is -0.265. The van der Waals surface area contributed by atoms with Gasteiger partial charge in [0, 0.05) is 5.69 Å². The number of nitrogens with two attached hydrogens (primary N) is 1. The van der Waals surface area contributed by atoms with E-state index in [1.807, 2.05) is 6.07 Å². The predicted molar refractivity (Wildman–Crippen MR) is 60.8 cm³/mol. The third-order valence-corrected chi connectivity index (χ3v) is 2.25. The molecule has 16 heavy (non-hydrogen) atoms. The number of anilines is 1. The van der Waals surface area contributed by atoms with Gasteiger partial charge in [0.1, 0.15) is 6.54 Å². The number of fused-ring (bicyclic) bond motifs is 1. The van der Waals surface area contributed by atoms with Gasteiger partial charge in [-0.3, -0.25) is 4.79 Å². The SMILES string of the molecule is CCOC(=O)Cn1cnc2cc(N)ccc21. The number of hydrogen-bond acceptors (Lipinski definition) is 4. The lowest BCUT2D eigenvalue weighted by Crippen LogP contribution is -2.12. The quantitative estimate of drug-likeness (QED) is 0.621. The van der Waals surface area contributed by atoms with Crippen LogP contribution in [0.3, 0.4) is 0 Å². The third kappa shape index (κ3) is 1.98. The zero-order chi connectivity index (χ0) is 11.5. The maximum Gasteiger partial charge on any atom is 0.325 e.